The highest BCUT2D eigenvalue weighted by molar-refractivity contribution is 5.72. The Balaban J connectivity index is 4.23. The van der Waals surface area contributed by atoms with Gasteiger partial charge in [0.2, 0.25) is 0 Å². The number of rotatable bonds is 5. The van der Waals surface area contributed by atoms with Crippen LogP contribution in [0.15, 0.2) is 23.8 Å². The molecule has 0 fully saturated rings. The fraction of sp³-hybridized carbons (Fsp3) is 0.375. The van der Waals surface area contributed by atoms with Gasteiger partial charge in [-0.1, -0.05) is 0 Å². The molecule has 0 amide bonds. The molecule has 0 aliphatic rings. The van der Waals surface area contributed by atoms with Gasteiger partial charge in [0, 0.05) is 0 Å². The highest BCUT2D eigenvalue weighted by Crippen LogP contribution is 2.17. The van der Waals surface area contributed by atoms with Gasteiger partial charge in [0.15, 0.2) is 17.9 Å². The molecular weight excluding hydrogens is 256 g/mol. The van der Waals surface area contributed by atoms with Crippen molar-refractivity contribution in [2.45, 2.75) is 19.1 Å². The quantitative estimate of drug-likeness (QED) is 0.471. The maximum absolute atomic E-state index is 12.3. The summed E-state index contributed by atoms with van der Waals surface area (Å²) in [6, 6.07) is 0. The van der Waals surface area contributed by atoms with E-state index < -0.39 is 48.9 Å². The lowest BCUT2D eigenvalue weighted by molar-refractivity contribution is -0.148. The van der Waals surface area contributed by atoms with Crippen molar-refractivity contribution in [2.75, 3.05) is 0 Å². The highest BCUT2D eigenvalue weighted by atomic mass is 19.3. The Morgan fingerprint density at radius 2 is 1.47 bits per heavy atom. The monoisotopic (exact) mass is 263 g/mol. The Kier molecular flexibility index (Phi) is 6.33. The van der Waals surface area contributed by atoms with Crippen molar-refractivity contribution >= 4 is 5.97 Å². The maximum Gasteiger partial charge on any atom is 0.314 e. The topological polar surface area (TPSA) is 52.3 Å². The fourth-order valence-corrected chi connectivity index (χ4v) is 0.699. The highest BCUT2D eigenvalue weighted by Gasteiger charge is 2.18. The minimum Gasteiger partial charge on any atom is -0.446 e. The van der Waals surface area contributed by atoms with Crippen LogP contribution < -0.4 is 5.73 Å². The lowest BCUT2D eigenvalue weighted by atomic mass is 10.3. The van der Waals surface area contributed by atoms with Crippen molar-refractivity contribution in [3.63, 3.8) is 0 Å². The van der Waals surface area contributed by atoms with Crippen LogP contribution in [0.5, 0.6) is 0 Å². The predicted molar refractivity (Wildman–Crippen MR) is 44.0 cm³/mol. The maximum atomic E-state index is 12.3. The first-order valence-corrected chi connectivity index (χ1v) is 4.08. The van der Waals surface area contributed by atoms with Crippen LogP contribution in [-0.4, -0.2) is 12.2 Å². The van der Waals surface area contributed by atoms with Gasteiger partial charge in [-0.15, -0.1) is 0 Å². The number of nitrogens with two attached hydrogens (primary N) is 1. The molecule has 2 N–H and O–H groups in total. The molecule has 0 aromatic carbocycles. The molecule has 3 nitrogen and oxygen atoms in total. The van der Waals surface area contributed by atoms with Gasteiger partial charge in [-0.2, -0.15) is 17.6 Å². The third kappa shape index (κ3) is 6.61. The lowest BCUT2D eigenvalue weighted by Crippen LogP contribution is -2.27. The first kappa shape index (κ1) is 15.5. The number of ether oxygens (including phenoxy) is 1. The molecule has 0 spiro atoms. The molecule has 0 aromatic rings. The van der Waals surface area contributed by atoms with Crippen LogP contribution in [0.4, 0.5) is 26.3 Å². The van der Waals surface area contributed by atoms with Crippen LogP contribution >= 0.6 is 0 Å². The molecule has 0 bridgehead atoms. The second-order valence-electron chi connectivity index (χ2n) is 2.74. The molecule has 98 valence electrons. The average molecular weight is 263 g/mol. The minimum absolute atomic E-state index is 1.13. The molecule has 1 unspecified atom stereocenters. The molecule has 9 heteroatoms. The number of hydrogen-bond acceptors (Lipinski definition) is 3. The standard InChI is InChI=1S/C8H7F6NO2/c9-3(7(11)12)1-5(15)17-6(16)2-4(10)8(13)14/h5H,1-2,15H2. The van der Waals surface area contributed by atoms with E-state index in [1.165, 1.54) is 0 Å². The molecule has 0 saturated carbocycles. The van der Waals surface area contributed by atoms with E-state index in [0.717, 1.165) is 0 Å². The summed E-state index contributed by atoms with van der Waals surface area (Å²) in [5, 5.41) is 0. The summed E-state index contributed by atoms with van der Waals surface area (Å²) in [4.78, 5) is 10.7. The van der Waals surface area contributed by atoms with Crippen molar-refractivity contribution in [1.82, 2.24) is 0 Å². The van der Waals surface area contributed by atoms with Gasteiger partial charge >= 0.3 is 18.1 Å². The van der Waals surface area contributed by atoms with Crippen molar-refractivity contribution < 1.29 is 35.9 Å². The number of halogens is 6. The Bertz CT molecular complexity index is 346. The zero-order chi connectivity index (χ0) is 13.6. The predicted octanol–water partition coefficient (Wildman–Crippen LogP) is 2.75. The Hall–Kier alpha value is -1.51. The van der Waals surface area contributed by atoms with Crippen molar-refractivity contribution in [3.8, 4) is 0 Å². The van der Waals surface area contributed by atoms with E-state index in [1.807, 2.05) is 0 Å². The summed E-state index contributed by atoms with van der Waals surface area (Å²) in [6.07, 6.45) is -9.69. The summed E-state index contributed by atoms with van der Waals surface area (Å²) >= 11 is 0. The molecule has 0 heterocycles. The lowest BCUT2D eigenvalue weighted by Gasteiger charge is -2.10. The van der Waals surface area contributed by atoms with Crippen molar-refractivity contribution in [2.24, 2.45) is 5.73 Å². The van der Waals surface area contributed by atoms with Crippen LogP contribution in [0.1, 0.15) is 12.8 Å². The Morgan fingerprint density at radius 3 is 1.88 bits per heavy atom. The van der Waals surface area contributed by atoms with E-state index in [-0.39, 0.29) is 0 Å². The second-order valence-corrected chi connectivity index (χ2v) is 2.74. The van der Waals surface area contributed by atoms with Crippen molar-refractivity contribution in [3.05, 3.63) is 23.8 Å². The molecule has 0 aliphatic carbocycles. The first-order valence-electron chi connectivity index (χ1n) is 4.08. The summed E-state index contributed by atoms with van der Waals surface area (Å²) in [5.41, 5.74) is 4.89. The van der Waals surface area contributed by atoms with E-state index in [4.69, 9.17) is 5.73 Å². The molecule has 0 rings (SSSR count). The fourth-order valence-electron chi connectivity index (χ4n) is 0.699. The summed E-state index contributed by atoms with van der Waals surface area (Å²) in [5.74, 6) is -5.46. The van der Waals surface area contributed by atoms with E-state index in [0.29, 0.717) is 0 Å². The number of hydrogen-bond donors (Lipinski definition) is 1. The number of carbonyl (C=O) groups is 1. The van der Waals surface area contributed by atoms with Crippen LogP contribution in [0.25, 0.3) is 0 Å². The average Bonchev–Trinajstić information content (AvgIpc) is 2.16. The SMILES string of the molecule is NC(CC(F)=C(F)F)OC(=O)CC(F)=C(F)F. The summed E-state index contributed by atoms with van der Waals surface area (Å²) < 4.78 is 74.7. The van der Waals surface area contributed by atoms with E-state index in [2.05, 4.69) is 4.74 Å². The Morgan fingerprint density at radius 1 is 1.00 bits per heavy atom. The normalized spacial score (nSPS) is 11.7. The van der Waals surface area contributed by atoms with Crippen LogP contribution in [-0.2, 0) is 9.53 Å². The third-order valence-electron chi connectivity index (χ3n) is 1.37. The van der Waals surface area contributed by atoms with Gasteiger partial charge in [-0.3, -0.25) is 10.5 Å². The van der Waals surface area contributed by atoms with Gasteiger partial charge in [0.25, 0.3) is 0 Å². The molecule has 17 heavy (non-hydrogen) atoms. The van der Waals surface area contributed by atoms with Gasteiger partial charge in [-0.25, -0.2) is 8.78 Å². The molecule has 1 atom stereocenters. The second kappa shape index (κ2) is 6.94. The van der Waals surface area contributed by atoms with Crippen LogP contribution in [0.3, 0.4) is 0 Å². The van der Waals surface area contributed by atoms with Crippen LogP contribution in [0.2, 0.25) is 0 Å². The molecule has 0 radical (unpaired) electrons. The minimum atomic E-state index is -2.71. The van der Waals surface area contributed by atoms with E-state index >= 15 is 0 Å². The van der Waals surface area contributed by atoms with Gasteiger partial charge < -0.3 is 4.74 Å². The van der Waals surface area contributed by atoms with Crippen molar-refractivity contribution in [1.29, 1.82) is 0 Å². The van der Waals surface area contributed by atoms with E-state index in [9.17, 15) is 31.1 Å². The van der Waals surface area contributed by atoms with Crippen LogP contribution in [0, 0.1) is 0 Å². The smallest absolute Gasteiger partial charge is 0.314 e. The third-order valence-corrected chi connectivity index (χ3v) is 1.37. The van der Waals surface area contributed by atoms with E-state index in [1.54, 1.807) is 0 Å². The summed E-state index contributed by atoms with van der Waals surface area (Å²) in [7, 11) is 0. The summed E-state index contributed by atoms with van der Waals surface area (Å²) in [6.45, 7) is 0. The molecular formula is C8H7F6NO2. The zero-order valence-corrected chi connectivity index (χ0v) is 8.15. The Labute approximate surface area is 91.5 Å². The molecule has 0 aromatic heterocycles. The largest absolute Gasteiger partial charge is 0.446 e. The molecule has 0 aliphatic heterocycles. The number of esters is 1. The first-order chi connectivity index (χ1) is 7.73. The number of carbonyl (C=O) groups excluding carboxylic acids is 1. The van der Waals surface area contributed by atoms with Gasteiger partial charge in [0.05, 0.1) is 6.42 Å². The van der Waals surface area contributed by atoms with Gasteiger partial charge in [0.1, 0.15) is 6.42 Å². The molecule has 0 saturated heterocycles. The zero-order valence-electron chi connectivity index (χ0n) is 8.15. The van der Waals surface area contributed by atoms with Gasteiger partial charge in [-0.05, 0) is 0 Å².